The number of nitrogen functional groups attached to an aromatic ring is 1. The second kappa shape index (κ2) is 9.40. The summed E-state index contributed by atoms with van der Waals surface area (Å²) in [6, 6.07) is 8.52. The topological polar surface area (TPSA) is 56.0 Å². The summed E-state index contributed by atoms with van der Waals surface area (Å²) in [7, 11) is 2.91. The van der Waals surface area contributed by atoms with E-state index in [1.165, 1.54) is 50.4 Å². The highest BCUT2D eigenvalue weighted by atomic mass is 31.0. The molecule has 162 valence electrons. The fourth-order valence-corrected chi connectivity index (χ4v) is 4.48. The molecule has 2 fully saturated rings. The van der Waals surface area contributed by atoms with Crippen molar-refractivity contribution in [3.8, 4) is 11.1 Å². The Bertz CT molecular complexity index is 1090. The molecule has 2 aliphatic rings. The zero-order valence-electron chi connectivity index (χ0n) is 17.4. The second-order valence-corrected chi connectivity index (χ2v) is 9.46. The van der Waals surface area contributed by atoms with Crippen LogP contribution in [0, 0.1) is 17.6 Å². The Balaban J connectivity index is 0.000000282. The van der Waals surface area contributed by atoms with Crippen molar-refractivity contribution in [2.24, 2.45) is 5.92 Å². The van der Waals surface area contributed by atoms with Gasteiger partial charge in [-0.05, 0) is 66.7 Å². The first kappa shape index (κ1) is 21.8. The number of pyridine rings is 1. The van der Waals surface area contributed by atoms with Gasteiger partial charge in [-0.25, -0.2) is 8.78 Å². The van der Waals surface area contributed by atoms with Gasteiger partial charge in [0.2, 0.25) is 0 Å². The molecular formula is C25H27F2N2OP. The minimum Gasteiger partial charge on any atom is -0.398 e. The number of aromatic nitrogens is 1. The molecule has 0 bridgehead atoms. The van der Waals surface area contributed by atoms with Crippen molar-refractivity contribution in [1.29, 1.82) is 0 Å². The lowest BCUT2D eigenvalue weighted by atomic mass is 9.99. The van der Waals surface area contributed by atoms with Crippen LogP contribution in [-0.2, 0) is 0 Å². The number of halogens is 2. The van der Waals surface area contributed by atoms with E-state index in [1.54, 1.807) is 18.2 Å². The third kappa shape index (κ3) is 5.27. The number of carbonyl (C=O) groups excluding carboxylic acids is 1. The second-order valence-electron chi connectivity index (χ2n) is 8.51. The lowest BCUT2D eigenvalue weighted by Crippen LogP contribution is -2.07. The third-order valence-electron chi connectivity index (χ3n) is 5.97. The molecule has 0 saturated heterocycles. The van der Waals surface area contributed by atoms with Crippen molar-refractivity contribution in [2.45, 2.75) is 50.6 Å². The summed E-state index contributed by atoms with van der Waals surface area (Å²) in [6.45, 7) is 0. The smallest absolute Gasteiger partial charge is 0.169 e. The number of hydrogen-bond acceptors (Lipinski definition) is 3. The molecule has 2 aliphatic carbocycles. The van der Waals surface area contributed by atoms with Crippen LogP contribution in [0.3, 0.4) is 0 Å². The number of Topliss-reactive ketones (excluding diaryl/α,β-unsaturated/α-hetero) is 1. The van der Waals surface area contributed by atoms with E-state index in [1.807, 2.05) is 0 Å². The van der Waals surface area contributed by atoms with Gasteiger partial charge in [0.25, 0.3) is 0 Å². The quantitative estimate of drug-likeness (QED) is 0.371. The van der Waals surface area contributed by atoms with Crippen LogP contribution in [0.2, 0.25) is 0 Å². The Morgan fingerprint density at radius 3 is 2.19 bits per heavy atom. The molecular weight excluding hydrogens is 413 g/mol. The van der Waals surface area contributed by atoms with E-state index in [9.17, 15) is 13.6 Å². The third-order valence-corrected chi connectivity index (χ3v) is 6.64. The largest absolute Gasteiger partial charge is 0.398 e. The van der Waals surface area contributed by atoms with Crippen LogP contribution >= 0.6 is 9.24 Å². The number of ketones is 1. The minimum absolute atomic E-state index is 0.0177. The average molecular weight is 440 g/mol. The highest BCUT2D eigenvalue weighted by Gasteiger charge is 2.32. The number of nitrogens with two attached hydrogens (primary N) is 1. The van der Waals surface area contributed by atoms with Crippen molar-refractivity contribution in [3.05, 3.63) is 59.8 Å². The SMILES string of the molecule is Nc1c(C(=O)C2CC2)cnc2ccc(-c3cc(F)cc(F)c3)cc12.PC1CCCCC1. The van der Waals surface area contributed by atoms with Crippen molar-refractivity contribution >= 4 is 31.6 Å². The van der Waals surface area contributed by atoms with Gasteiger partial charge in [0.1, 0.15) is 11.6 Å². The summed E-state index contributed by atoms with van der Waals surface area (Å²) in [6.07, 6.45) is 10.6. The van der Waals surface area contributed by atoms with Crippen LogP contribution in [0.15, 0.2) is 42.6 Å². The number of fused-ring (bicyclic) bond motifs is 1. The van der Waals surface area contributed by atoms with Crippen LogP contribution < -0.4 is 5.73 Å². The number of carbonyl (C=O) groups is 1. The van der Waals surface area contributed by atoms with Crippen LogP contribution in [0.4, 0.5) is 14.5 Å². The molecule has 0 radical (unpaired) electrons. The number of benzene rings is 2. The lowest BCUT2D eigenvalue weighted by molar-refractivity contribution is 0.0968. The van der Waals surface area contributed by atoms with Gasteiger partial charge in [-0.1, -0.05) is 25.3 Å². The summed E-state index contributed by atoms with van der Waals surface area (Å²) in [4.78, 5) is 16.6. The summed E-state index contributed by atoms with van der Waals surface area (Å²) < 4.78 is 26.9. The van der Waals surface area contributed by atoms with Crippen LogP contribution in [0.5, 0.6) is 0 Å². The number of nitrogens with zero attached hydrogens (tertiary/aromatic N) is 1. The van der Waals surface area contributed by atoms with E-state index in [2.05, 4.69) is 14.2 Å². The van der Waals surface area contributed by atoms with E-state index < -0.39 is 11.6 Å². The maximum Gasteiger partial charge on any atom is 0.169 e. The molecule has 1 unspecified atom stereocenters. The predicted octanol–water partition coefficient (Wildman–Crippen LogP) is 6.55. The highest BCUT2D eigenvalue weighted by molar-refractivity contribution is 7.17. The number of rotatable bonds is 3. The molecule has 3 nitrogen and oxygen atoms in total. The normalized spacial score (nSPS) is 16.6. The molecule has 1 heterocycles. The molecule has 2 N–H and O–H groups in total. The Morgan fingerprint density at radius 2 is 1.61 bits per heavy atom. The first-order valence-electron chi connectivity index (χ1n) is 10.9. The van der Waals surface area contributed by atoms with Crippen LogP contribution in [0.1, 0.15) is 55.3 Å². The standard InChI is InChI=1S/C19H14F2N2O.C6H13P/c20-13-5-12(6-14(21)8-13)11-3-4-17-15(7-11)18(22)16(9-23-17)19(24)10-1-2-10;7-6-4-2-1-3-5-6/h3-10H,1-2H2,(H2,22,23);6H,1-5,7H2. The maximum atomic E-state index is 13.5. The number of hydrogen-bond donors (Lipinski definition) is 1. The summed E-state index contributed by atoms with van der Waals surface area (Å²) in [5.41, 5.74) is 9.60. The van der Waals surface area contributed by atoms with Gasteiger partial charge in [-0.2, -0.15) is 0 Å². The van der Waals surface area contributed by atoms with Gasteiger partial charge in [-0.15, -0.1) is 9.24 Å². The Labute approximate surface area is 183 Å². The van der Waals surface area contributed by atoms with Crippen molar-refractivity contribution in [2.75, 3.05) is 5.73 Å². The zero-order chi connectivity index (χ0) is 22.0. The van der Waals surface area contributed by atoms with Gasteiger partial charge in [0.05, 0.1) is 16.8 Å². The van der Waals surface area contributed by atoms with Crippen LogP contribution in [0.25, 0.3) is 22.0 Å². The van der Waals surface area contributed by atoms with E-state index in [0.29, 0.717) is 33.3 Å². The van der Waals surface area contributed by atoms with E-state index in [0.717, 1.165) is 24.6 Å². The van der Waals surface area contributed by atoms with Gasteiger partial charge in [0, 0.05) is 23.6 Å². The molecule has 1 atom stereocenters. The van der Waals surface area contributed by atoms with Gasteiger partial charge in [0.15, 0.2) is 5.78 Å². The van der Waals surface area contributed by atoms with Crippen molar-refractivity contribution < 1.29 is 13.6 Å². The van der Waals surface area contributed by atoms with Crippen LogP contribution in [-0.4, -0.2) is 16.4 Å². The first-order chi connectivity index (χ1) is 14.9. The maximum absolute atomic E-state index is 13.5. The Morgan fingerprint density at radius 1 is 0.935 bits per heavy atom. The summed E-state index contributed by atoms with van der Waals surface area (Å²) in [5, 5.41) is 0.615. The van der Waals surface area contributed by atoms with Gasteiger partial charge >= 0.3 is 0 Å². The van der Waals surface area contributed by atoms with E-state index in [-0.39, 0.29) is 11.7 Å². The molecule has 2 saturated carbocycles. The van der Waals surface area contributed by atoms with Gasteiger partial charge in [-0.3, -0.25) is 9.78 Å². The summed E-state index contributed by atoms with van der Waals surface area (Å²) >= 11 is 0. The lowest BCUT2D eigenvalue weighted by Gasteiger charge is -2.15. The Hall–Kier alpha value is -2.39. The fourth-order valence-electron chi connectivity index (χ4n) is 4.01. The van der Waals surface area contributed by atoms with Crippen molar-refractivity contribution in [1.82, 2.24) is 4.98 Å². The van der Waals surface area contributed by atoms with E-state index >= 15 is 0 Å². The summed E-state index contributed by atoms with van der Waals surface area (Å²) in [5.74, 6) is -1.22. The first-order valence-corrected chi connectivity index (χ1v) is 11.5. The minimum atomic E-state index is -0.645. The van der Waals surface area contributed by atoms with Gasteiger partial charge < -0.3 is 5.73 Å². The average Bonchev–Trinajstić information content (AvgIpc) is 3.59. The fraction of sp³-hybridized carbons (Fsp3) is 0.360. The predicted molar refractivity (Wildman–Crippen MR) is 125 cm³/mol. The molecule has 0 spiro atoms. The zero-order valence-corrected chi connectivity index (χ0v) is 18.6. The molecule has 2 aromatic carbocycles. The molecule has 3 aromatic rings. The molecule has 0 amide bonds. The molecule has 31 heavy (non-hydrogen) atoms. The molecule has 5 rings (SSSR count). The van der Waals surface area contributed by atoms with Crippen molar-refractivity contribution in [3.63, 3.8) is 0 Å². The Kier molecular flexibility index (Phi) is 6.62. The molecule has 1 aromatic heterocycles. The monoisotopic (exact) mass is 440 g/mol. The number of anilines is 1. The highest BCUT2D eigenvalue weighted by Crippen LogP contribution is 2.36. The van der Waals surface area contributed by atoms with E-state index in [4.69, 9.17) is 5.73 Å². The molecule has 0 aliphatic heterocycles. The molecule has 6 heteroatoms.